The Bertz CT molecular complexity index is 373. The predicted octanol–water partition coefficient (Wildman–Crippen LogP) is 6.62. The molecule has 24 heavy (non-hydrogen) atoms. The predicted molar refractivity (Wildman–Crippen MR) is 105 cm³/mol. The van der Waals surface area contributed by atoms with Gasteiger partial charge in [0.15, 0.2) is 0 Å². The summed E-state index contributed by atoms with van der Waals surface area (Å²) >= 11 is 0. The zero-order chi connectivity index (χ0) is 17.6. The first-order valence-electron chi connectivity index (χ1n) is 10.8. The van der Waals surface area contributed by atoms with E-state index in [1.54, 1.807) is 0 Å². The summed E-state index contributed by atoms with van der Waals surface area (Å²) in [7, 11) is 0. The molecule has 0 saturated heterocycles. The van der Waals surface area contributed by atoms with Crippen molar-refractivity contribution in [1.82, 2.24) is 4.57 Å². The SMILES string of the molecule is CCCCCCCCn1cc[n+](CCCCCCCC)c1C(C)C. The molecule has 0 aromatic carbocycles. The molecule has 0 N–H and O–H groups in total. The minimum Gasteiger partial charge on any atom is -0.234 e. The normalized spacial score (nSPS) is 11.5. The van der Waals surface area contributed by atoms with Gasteiger partial charge in [-0.25, -0.2) is 9.13 Å². The van der Waals surface area contributed by atoms with Crippen LogP contribution in [-0.2, 0) is 13.1 Å². The maximum atomic E-state index is 2.52. The molecule has 0 saturated carbocycles. The molecule has 0 aliphatic rings. The van der Waals surface area contributed by atoms with Crippen LogP contribution in [0.4, 0.5) is 0 Å². The Morgan fingerprint density at radius 3 is 1.92 bits per heavy atom. The van der Waals surface area contributed by atoms with Crippen molar-refractivity contribution < 1.29 is 4.57 Å². The van der Waals surface area contributed by atoms with Crippen LogP contribution in [0.5, 0.6) is 0 Å². The Kier molecular flexibility index (Phi) is 12.0. The van der Waals surface area contributed by atoms with Crippen molar-refractivity contribution in [2.75, 3.05) is 0 Å². The van der Waals surface area contributed by atoms with Gasteiger partial charge in [0, 0.05) is 0 Å². The summed E-state index contributed by atoms with van der Waals surface area (Å²) < 4.78 is 5.03. The lowest BCUT2D eigenvalue weighted by molar-refractivity contribution is -0.705. The smallest absolute Gasteiger partial charge is 0.234 e. The molecule has 0 bridgehead atoms. The fraction of sp³-hybridized carbons (Fsp3) is 0.864. The molecule has 0 atom stereocenters. The summed E-state index contributed by atoms with van der Waals surface area (Å²) in [4.78, 5) is 0. The Hall–Kier alpha value is -0.790. The first-order chi connectivity index (χ1) is 11.7. The van der Waals surface area contributed by atoms with Crippen LogP contribution in [0.15, 0.2) is 12.4 Å². The van der Waals surface area contributed by atoms with Crippen molar-refractivity contribution in [3.8, 4) is 0 Å². The second-order valence-corrected chi connectivity index (χ2v) is 7.73. The fourth-order valence-electron chi connectivity index (χ4n) is 3.65. The third-order valence-corrected chi connectivity index (χ3v) is 5.04. The molecule has 0 radical (unpaired) electrons. The van der Waals surface area contributed by atoms with Crippen molar-refractivity contribution >= 4 is 0 Å². The van der Waals surface area contributed by atoms with Crippen LogP contribution in [0.1, 0.15) is 116 Å². The summed E-state index contributed by atoms with van der Waals surface area (Å²) in [5.74, 6) is 2.14. The summed E-state index contributed by atoms with van der Waals surface area (Å²) in [6.07, 6.45) is 21.2. The van der Waals surface area contributed by atoms with Crippen LogP contribution in [0.3, 0.4) is 0 Å². The van der Waals surface area contributed by atoms with Crippen LogP contribution in [0.2, 0.25) is 0 Å². The first kappa shape index (κ1) is 21.3. The van der Waals surface area contributed by atoms with Crippen molar-refractivity contribution in [2.24, 2.45) is 0 Å². The molecule has 0 fully saturated rings. The molecule has 1 aromatic heterocycles. The number of aryl methyl sites for hydroxylation is 2. The van der Waals surface area contributed by atoms with E-state index in [-0.39, 0.29) is 0 Å². The third-order valence-electron chi connectivity index (χ3n) is 5.04. The van der Waals surface area contributed by atoms with Gasteiger partial charge < -0.3 is 0 Å². The van der Waals surface area contributed by atoms with E-state index in [2.05, 4.69) is 49.2 Å². The summed E-state index contributed by atoms with van der Waals surface area (Å²) in [6.45, 7) is 11.6. The van der Waals surface area contributed by atoms with Crippen molar-refractivity contribution in [3.05, 3.63) is 18.2 Å². The van der Waals surface area contributed by atoms with E-state index in [0.29, 0.717) is 5.92 Å². The van der Waals surface area contributed by atoms with Crippen molar-refractivity contribution in [3.63, 3.8) is 0 Å². The lowest BCUT2D eigenvalue weighted by atomic mass is 10.1. The zero-order valence-corrected chi connectivity index (χ0v) is 17.0. The highest BCUT2D eigenvalue weighted by Crippen LogP contribution is 2.14. The van der Waals surface area contributed by atoms with Crippen LogP contribution < -0.4 is 4.57 Å². The third kappa shape index (κ3) is 8.35. The molecule has 1 rings (SSSR count). The van der Waals surface area contributed by atoms with E-state index in [0.717, 1.165) is 0 Å². The van der Waals surface area contributed by atoms with Gasteiger partial charge in [0.05, 0.1) is 19.0 Å². The lowest BCUT2D eigenvalue weighted by Gasteiger charge is -2.08. The Morgan fingerprint density at radius 1 is 0.792 bits per heavy atom. The van der Waals surface area contributed by atoms with Crippen LogP contribution in [0, 0.1) is 0 Å². The van der Waals surface area contributed by atoms with Gasteiger partial charge in [-0.05, 0) is 25.7 Å². The van der Waals surface area contributed by atoms with Gasteiger partial charge in [-0.15, -0.1) is 0 Å². The van der Waals surface area contributed by atoms with Crippen molar-refractivity contribution in [1.29, 1.82) is 0 Å². The largest absolute Gasteiger partial charge is 0.258 e. The number of aromatic nitrogens is 2. The molecule has 2 nitrogen and oxygen atoms in total. The number of unbranched alkanes of at least 4 members (excludes halogenated alkanes) is 10. The van der Waals surface area contributed by atoms with E-state index >= 15 is 0 Å². The molecule has 140 valence electrons. The number of hydrogen-bond acceptors (Lipinski definition) is 0. The molecule has 2 heteroatoms. The zero-order valence-electron chi connectivity index (χ0n) is 17.0. The van der Waals surface area contributed by atoms with Crippen LogP contribution >= 0.6 is 0 Å². The molecule has 1 aromatic rings. The minimum atomic E-state index is 0.611. The molecule has 1 heterocycles. The Morgan fingerprint density at radius 2 is 1.33 bits per heavy atom. The van der Waals surface area contributed by atoms with Gasteiger partial charge in [-0.3, -0.25) is 0 Å². The second kappa shape index (κ2) is 13.5. The van der Waals surface area contributed by atoms with Crippen LogP contribution in [0.25, 0.3) is 0 Å². The number of rotatable bonds is 15. The van der Waals surface area contributed by atoms with Gasteiger partial charge in [-0.1, -0.05) is 79.1 Å². The fourth-order valence-corrected chi connectivity index (χ4v) is 3.65. The molecule has 0 amide bonds. The minimum absolute atomic E-state index is 0.611. The molecule has 0 aliphatic heterocycles. The average Bonchev–Trinajstić information content (AvgIpc) is 2.97. The molecular weight excluding hydrogens is 292 g/mol. The van der Waals surface area contributed by atoms with E-state index < -0.39 is 0 Å². The highest BCUT2D eigenvalue weighted by atomic mass is 15.1. The standard InChI is InChI=1S/C22H43N2/c1-5-7-9-11-13-15-17-23-19-20-24(22(23)21(3)4)18-16-14-12-10-8-6-2/h19-21H,5-18H2,1-4H3/q+1. The number of hydrogen-bond donors (Lipinski definition) is 0. The van der Waals surface area contributed by atoms with Gasteiger partial charge >= 0.3 is 0 Å². The van der Waals surface area contributed by atoms with Gasteiger partial charge in [-0.2, -0.15) is 0 Å². The first-order valence-corrected chi connectivity index (χ1v) is 10.8. The van der Waals surface area contributed by atoms with E-state index in [1.165, 1.54) is 96.0 Å². The van der Waals surface area contributed by atoms with Crippen molar-refractivity contribution in [2.45, 2.75) is 124 Å². The molecule has 0 aliphatic carbocycles. The summed E-state index contributed by atoms with van der Waals surface area (Å²) in [5, 5.41) is 0. The molecular formula is C22H43N2+. The second-order valence-electron chi connectivity index (χ2n) is 7.73. The highest BCUT2D eigenvalue weighted by molar-refractivity contribution is 4.89. The maximum absolute atomic E-state index is 2.52. The monoisotopic (exact) mass is 335 g/mol. The quantitative estimate of drug-likeness (QED) is 0.251. The Balaban J connectivity index is 2.37. The summed E-state index contributed by atoms with van der Waals surface area (Å²) in [5.41, 5.74) is 0. The van der Waals surface area contributed by atoms with Gasteiger partial charge in [0.25, 0.3) is 5.82 Å². The van der Waals surface area contributed by atoms with Crippen LogP contribution in [-0.4, -0.2) is 4.57 Å². The van der Waals surface area contributed by atoms with E-state index in [9.17, 15) is 0 Å². The molecule has 0 spiro atoms. The molecule has 0 unspecified atom stereocenters. The highest BCUT2D eigenvalue weighted by Gasteiger charge is 2.19. The van der Waals surface area contributed by atoms with Gasteiger partial charge in [0.2, 0.25) is 0 Å². The summed E-state index contributed by atoms with van der Waals surface area (Å²) in [6, 6.07) is 0. The number of nitrogens with zero attached hydrogens (tertiary/aromatic N) is 2. The van der Waals surface area contributed by atoms with Gasteiger partial charge in [0.1, 0.15) is 12.4 Å². The van der Waals surface area contributed by atoms with E-state index in [4.69, 9.17) is 0 Å². The number of imidazole rings is 1. The average molecular weight is 336 g/mol. The van der Waals surface area contributed by atoms with E-state index in [1.807, 2.05) is 0 Å². The maximum Gasteiger partial charge on any atom is 0.258 e. The topological polar surface area (TPSA) is 8.81 Å². The Labute approximate surface area is 151 Å². The lowest BCUT2D eigenvalue weighted by Crippen LogP contribution is -2.38.